The van der Waals surface area contributed by atoms with Crippen molar-refractivity contribution < 1.29 is 13.2 Å². The highest BCUT2D eigenvalue weighted by Gasteiger charge is 2.28. The first-order valence-corrected chi connectivity index (χ1v) is 6.04. The second-order valence-electron chi connectivity index (χ2n) is 4.48. The Labute approximate surface area is 95.0 Å². The minimum atomic E-state index is -4.02. The highest BCUT2D eigenvalue weighted by molar-refractivity contribution is 4.77. The van der Waals surface area contributed by atoms with E-state index in [-0.39, 0.29) is 6.42 Å². The number of nitrogens with two attached hydrogens (primary N) is 1. The van der Waals surface area contributed by atoms with Gasteiger partial charge < -0.3 is 5.73 Å². The molecule has 0 spiro atoms. The van der Waals surface area contributed by atoms with Gasteiger partial charge in [-0.3, -0.25) is 4.90 Å². The van der Waals surface area contributed by atoms with Crippen LogP contribution in [-0.2, 0) is 0 Å². The molecule has 0 unspecified atom stereocenters. The third kappa shape index (κ3) is 5.16. The Hall–Kier alpha value is -0.290. The van der Waals surface area contributed by atoms with Crippen LogP contribution in [0.1, 0.15) is 38.5 Å². The second kappa shape index (κ2) is 6.45. The molecule has 1 saturated carbocycles. The van der Waals surface area contributed by atoms with Crippen molar-refractivity contribution in [3.8, 4) is 0 Å². The van der Waals surface area contributed by atoms with E-state index in [0.717, 1.165) is 19.4 Å². The first kappa shape index (κ1) is 13.8. The Bertz CT molecular complexity index is 188. The molecule has 0 atom stereocenters. The van der Waals surface area contributed by atoms with Gasteiger partial charge in [0.25, 0.3) is 0 Å². The van der Waals surface area contributed by atoms with E-state index in [4.69, 9.17) is 5.73 Å². The SMILES string of the molecule is NCCN(CCCC(F)(F)F)C1CCCC1. The fourth-order valence-electron chi connectivity index (χ4n) is 2.39. The number of nitrogens with zero attached hydrogens (tertiary/aromatic N) is 1. The molecule has 0 aromatic heterocycles. The molecule has 1 aliphatic carbocycles. The summed E-state index contributed by atoms with van der Waals surface area (Å²) in [6.45, 7) is 1.78. The average molecular weight is 238 g/mol. The number of hydrogen-bond acceptors (Lipinski definition) is 2. The summed E-state index contributed by atoms with van der Waals surface area (Å²) in [5.74, 6) is 0. The van der Waals surface area contributed by atoms with Gasteiger partial charge in [-0.1, -0.05) is 12.8 Å². The zero-order valence-corrected chi connectivity index (χ0v) is 9.60. The first-order chi connectivity index (χ1) is 7.53. The van der Waals surface area contributed by atoms with Crippen LogP contribution in [-0.4, -0.2) is 36.8 Å². The standard InChI is InChI=1S/C11H21F3N2/c12-11(13,14)6-3-8-16(9-7-15)10-4-1-2-5-10/h10H,1-9,15H2. The fourth-order valence-corrected chi connectivity index (χ4v) is 2.39. The number of alkyl halides is 3. The van der Waals surface area contributed by atoms with Crippen LogP contribution in [0, 0.1) is 0 Å². The minimum absolute atomic E-state index is 0.194. The molecule has 0 aromatic rings. The Morgan fingerprint density at radius 2 is 1.75 bits per heavy atom. The van der Waals surface area contributed by atoms with Crippen LogP contribution in [0.3, 0.4) is 0 Å². The van der Waals surface area contributed by atoms with Crippen molar-refractivity contribution in [3.05, 3.63) is 0 Å². The third-order valence-corrected chi connectivity index (χ3v) is 3.16. The van der Waals surface area contributed by atoms with Crippen molar-refractivity contribution in [2.45, 2.75) is 50.7 Å². The van der Waals surface area contributed by atoms with Crippen LogP contribution in [0.4, 0.5) is 13.2 Å². The lowest BCUT2D eigenvalue weighted by molar-refractivity contribution is -0.136. The van der Waals surface area contributed by atoms with Crippen LogP contribution >= 0.6 is 0 Å². The Balaban J connectivity index is 2.27. The molecule has 0 aromatic carbocycles. The normalized spacial score (nSPS) is 18.6. The average Bonchev–Trinajstić information content (AvgIpc) is 2.67. The van der Waals surface area contributed by atoms with Crippen molar-refractivity contribution in [1.29, 1.82) is 0 Å². The van der Waals surface area contributed by atoms with Gasteiger partial charge in [0.1, 0.15) is 0 Å². The molecule has 0 saturated heterocycles. The van der Waals surface area contributed by atoms with E-state index in [9.17, 15) is 13.2 Å². The van der Waals surface area contributed by atoms with Gasteiger partial charge in [-0.2, -0.15) is 13.2 Å². The van der Waals surface area contributed by atoms with Crippen molar-refractivity contribution in [2.75, 3.05) is 19.6 Å². The maximum atomic E-state index is 12.0. The van der Waals surface area contributed by atoms with Crippen LogP contribution in [0.2, 0.25) is 0 Å². The van der Waals surface area contributed by atoms with E-state index in [0.29, 0.717) is 19.1 Å². The molecule has 0 bridgehead atoms. The first-order valence-electron chi connectivity index (χ1n) is 6.04. The van der Waals surface area contributed by atoms with E-state index in [1.54, 1.807) is 0 Å². The molecule has 2 N–H and O–H groups in total. The van der Waals surface area contributed by atoms with Gasteiger partial charge in [0.15, 0.2) is 0 Å². The summed E-state index contributed by atoms with van der Waals surface area (Å²) < 4.78 is 36.1. The molecule has 96 valence electrons. The molecule has 0 aliphatic heterocycles. The second-order valence-corrected chi connectivity index (χ2v) is 4.48. The summed E-state index contributed by atoms with van der Waals surface area (Å²) in [6, 6.07) is 0.469. The van der Waals surface area contributed by atoms with Crippen LogP contribution in [0.15, 0.2) is 0 Å². The summed E-state index contributed by atoms with van der Waals surface area (Å²) in [7, 11) is 0. The van der Waals surface area contributed by atoms with Gasteiger partial charge in [-0.25, -0.2) is 0 Å². The van der Waals surface area contributed by atoms with Crippen LogP contribution in [0.25, 0.3) is 0 Å². The predicted molar refractivity (Wildman–Crippen MR) is 58.2 cm³/mol. The minimum Gasteiger partial charge on any atom is -0.329 e. The number of rotatable bonds is 6. The van der Waals surface area contributed by atoms with E-state index in [2.05, 4.69) is 4.90 Å². The summed E-state index contributed by atoms with van der Waals surface area (Å²) in [4.78, 5) is 2.14. The zero-order chi connectivity index (χ0) is 12.0. The quantitative estimate of drug-likeness (QED) is 0.770. The summed E-state index contributed by atoms with van der Waals surface area (Å²) >= 11 is 0. The smallest absolute Gasteiger partial charge is 0.329 e. The van der Waals surface area contributed by atoms with E-state index < -0.39 is 12.6 Å². The van der Waals surface area contributed by atoms with E-state index >= 15 is 0 Å². The number of hydrogen-bond donors (Lipinski definition) is 1. The molecule has 1 rings (SSSR count). The largest absolute Gasteiger partial charge is 0.389 e. The molecule has 0 amide bonds. The molecule has 2 nitrogen and oxygen atoms in total. The predicted octanol–water partition coefficient (Wildman–Crippen LogP) is 2.53. The Morgan fingerprint density at radius 1 is 1.12 bits per heavy atom. The van der Waals surface area contributed by atoms with Crippen LogP contribution < -0.4 is 5.73 Å². The van der Waals surface area contributed by atoms with Gasteiger partial charge in [0.2, 0.25) is 0 Å². The molecule has 1 aliphatic rings. The number of halogens is 3. The van der Waals surface area contributed by atoms with Gasteiger partial charge in [-0.15, -0.1) is 0 Å². The molecule has 0 heterocycles. The molecule has 0 radical (unpaired) electrons. The lowest BCUT2D eigenvalue weighted by Gasteiger charge is -2.28. The Kier molecular flexibility index (Phi) is 5.55. The van der Waals surface area contributed by atoms with Crippen LogP contribution in [0.5, 0.6) is 0 Å². The van der Waals surface area contributed by atoms with Crippen molar-refractivity contribution >= 4 is 0 Å². The molecule has 5 heteroatoms. The molecular formula is C11H21F3N2. The zero-order valence-electron chi connectivity index (χ0n) is 9.60. The van der Waals surface area contributed by atoms with Crippen molar-refractivity contribution in [1.82, 2.24) is 4.90 Å². The van der Waals surface area contributed by atoms with E-state index in [1.165, 1.54) is 12.8 Å². The van der Waals surface area contributed by atoms with Crippen molar-refractivity contribution in [3.63, 3.8) is 0 Å². The maximum absolute atomic E-state index is 12.0. The van der Waals surface area contributed by atoms with Crippen molar-refractivity contribution in [2.24, 2.45) is 5.73 Å². The molecule has 1 fully saturated rings. The highest BCUT2D eigenvalue weighted by Crippen LogP contribution is 2.25. The van der Waals surface area contributed by atoms with Gasteiger partial charge >= 0.3 is 6.18 Å². The van der Waals surface area contributed by atoms with Gasteiger partial charge in [0, 0.05) is 25.6 Å². The fraction of sp³-hybridized carbons (Fsp3) is 1.00. The van der Waals surface area contributed by atoms with Gasteiger partial charge in [0.05, 0.1) is 0 Å². The van der Waals surface area contributed by atoms with E-state index in [1.807, 2.05) is 0 Å². The topological polar surface area (TPSA) is 29.3 Å². The molecular weight excluding hydrogens is 217 g/mol. The monoisotopic (exact) mass is 238 g/mol. The summed E-state index contributed by atoms with van der Waals surface area (Å²) in [6.07, 6.45) is 0.124. The van der Waals surface area contributed by atoms with Gasteiger partial charge in [-0.05, 0) is 25.8 Å². The molecule has 16 heavy (non-hydrogen) atoms. The Morgan fingerprint density at radius 3 is 2.25 bits per heavy atom. The lowest BCUT2D eigenvalue weighted by Crippen LogP contribution is -2.38. The lowest BCUT2D eigenvalue weighted by atomic mass is 10.2. The highest BCUT2D eigenvalue weighted by atomic mass is 19.4. The summed E-state index contributed by atoms with van der Waals surface area (Å²) in [5, 5.41) is 0. The maximum Gasteiger partial charge on any atom is 0.389 e. The third-order valence-electron chi connectivity index (χ3n) is 3.16. The summed E-state index contributed by atoms with van der Waals surface area (Å²) in [5.41, 5.74) is 5.49.